The monoisotopic (exact) mass is 347 g/mol. The van der Waals surface area contributed by atoms with Crippen molar-refractivity contribution in [2.24, 2.45) is 5.73 Å². The van der Waals surface area contributed by atoms with Crippen molar-refractivity contribution in [3.63, 3.8) is 0 Å². The van der Waals surface area contributed by atoms with Gasteiger partial charge in [0.2, 0.25) is 0 Å². The number of methoxy groups -OCH3 is 1. The second kappa shape index (κ2) is 5.70. The van der Waals surface area contributed by atoms with E-state index in [0.717, 1.165) is 33.5 Å². The molecule has 2 atom stereocenters. The van der Waals surface area contributed by atoms with E-state index in [1.54, 1.807) is 7.11 Å². The molecule has 0 fully saturated rings. The third kappa shape index (κ3) is 2.78. The third-order valence-electron chi connectivity index (χ3n) is 3.85. The average Bonchev–Trinajstić information content (AvgIpc) is 2.47. The maximum Gasteiger partial charge on any atom is 0.133 e. The van der Waals surface area contributed by atoms with E-state index < -0.39 is 0 Å². The molecule has 0 spiro atoms. The summed E-state index contributed by atoms with van der Waals surface area (Å²) in [5, 5.41) is 0. The number of nitrogens with two attached hydrogens (primary N) is 1. The quantitative estimate of drug-likeness (QED) is 0.881. The molecule has 2 N–H and O–H groups in total. The summed E-state index contributed by atoms with van der Waals surface area (Å²) < 4.78 is 12.3. The average molecular weight is 348 g/mol. The first kappa shape index (κ1) is 14.4. The Morgan fingerprint density at radius 2 is 2.05 bits per heavy atom. The van der Waals surface area contributed by atoms with Gasteiger partial charge in [-0.25, -0.2) is 0 Å². The molecule has 0 bridgehead atoms. The molecule has 0 radical (unpaired) electrons. The molecule has 0 aromatic heterocycles. The van der Waals surface area contributed by atoms with E-state index in [-0.39, 0.29) is 12.1 Å². The highest BCUT2D eigenvalue weighted by Gasteiger charge is 2.27. The minimum Gasteiger partial charge on any atom is -0.496 e. The predicted octanol–water partition coefficient (Wildman–Crippen LogP) is 4.29. The molecule has 0 amide bonds. The molecule has 1 unspecified atom stereocenters. The summed E-state index contributed by atoms with van der Waals surface area (Å²) in [4.78, 5) is 0. The first-order chi connectivity index (χ1) is 10.1. The van der Waals surface area contributed by atoms with Crippen LogP contribution in [0.1, 0.15) is 35.3 Å². The summed E-state index contributed by atoms with van der Waals surface area (Å²) in [6.07, 6.45) is 0.743. The topological polar surface area (TPSA) is 44.5 Å². The minimum atomic E-state index is -0.0302. The highest BCUT2D eigenvalue weighted by atomic mass is 79.9. The van der Waals surface area contributed by atoms with Gasteiger partial charge in [0.25, 0.3) is 0 Å². The molecule has 1 heterocycles. The van der Waals surface area contributed by atoms with E-state index >= 15 is 0 Å². The van der Waals surface area contributed by atoms with Crippen molar-refractivity contribution in [3.05, 3.63) is 57.6 Å². The Labute approximate surface area is 133 Å². The molecular formula is C17H18BrNO2. The molecule has 21 heavy (non-hydrogen) atoms. The van der Waals surface area contributed by atoms with Crippen LogP contribution in [0.25, 0.3) is 0 Å². The molecule has 4 heteroatoms. The molecule has 1 aliphatic rings. The second-order valence-electron chi connectivity index (χ2n) is 5.38. The largest absolute Gasteiger partial charge is 0.496 e. The lowest BCUT2D eigenvalue weighted by molar-refractivity contribution is 0.161. The molecule has 3 nitrogen and oxygen atoms in total. The number of rotatable bonds is 2. The van der Waals surface area contributed by atoms with Gasteiger partial charge in [0, 0.05) is 18.0 Å². The lowest BCUT2D eigenvalue weighted by atomic mass is 9.92. The maximum absolute atomic E-state index is 6.32. The van der Waals surface area contributed by atoms with Crippen molar-refractivity contribution in [2.45, 2.75) is 25.5 Å². The number of halogens is 1. The van der Waals surface area contributed by atoms with Crippen LogP contribution in [0.15, 0.2) is 40.9 Å². The molecule has 0 saturated heterocycles. The zero-order valence-electron chi connectivity index (χ0n) is 12.1. The highest BCUT2D eigenvalue weighted by Crippen LogP contribution is 2.41. The fourth-order valence-electron chi connectivity index (χ4n) is 2.71. The van der Waals surface area contributed by atoms with Crippen LogP contribution in [0.4, 0.5) is 0 Å². The summed E-state index contributed by atoms with van der Waals surface area (Å²) >= 11 is 3.52. The van der Waals surface area contributed by atoms with Crippen LogP contribution in [-0.2, 0) is 0 Å². The Morgan fingerprint density at radius 3 is 2.76 bits per heavy atom. The standard InChI is InChI=1S/C17H18BrNO2/c1-10-3-5-15-12(7-10)14(19)9-17(21-15)11-4-6-16(20-2)13(18)8-11/h3-8,14,17H,9,19H2,1-2H3/t14-,17?/m1/s1. The fraction of sp³-hybridized carbons (Fsp3) is 0.294. The Morgan fingerprint density at radius 1 is 1.24 bits per heavy atom. The first-order valence-corrected chi connectivity index (χ1v) is 7.74. The van der Waals surface area contributed by atoms with E-state index in [9.17, 15) is 0 Å². The van der Waals surface area contributed by atoms with Gasteiger partial charge < -0.3 is 15.2 Å². The van der Waals surface area contributed by atoms with Crippen molar-refractivity contribution in [1.82, 2.24) is 0 Å². The fourth-order valence-corrected chi connectivity index (χ4v) is 3.27. The molecular weight excluding hydrogens is 330 g/mol. The zero-order valence-corrected chi connectivity index (χ0v) is 13.7. The molecule has 0 saturated carbocycles. The van der Waals surface area contributed by atoms with Crippen molar-refractivity contribution < 1.29 is 9.47 Å². The van der Waals surface area contributed by atoms with Gasteiger partial charge >= 0.3 is 0 Å². The van der Waals surface area contributed by atoms with Gasteiger partial charge in [-0.15, -0.1) is 0 Å². The van der Waals surface area contributed by atoms with Crippen LogP contribution in [0.2, 0.25) is 0 Å². The number of hydrogen-bond acceptors (Lipinski definition) is 3. The molecule has 1 aliphatic heterocycles. The molecule has 3 rings (SSSR count). The number of ether oxygens (including phenoxy) is 2. The van der Waals surface area contributed by atoms with E-state index in [2.05, 4.69) is 35.0 Å². The van der Waals surface area contributed by atoms with Gasteiger partial charge in [-0.2, -0.15) is 0 Å². The third-order valence-corrected chi connectivity index (χ3v) is 4.47. The molecule has 2 aromatic rings. The summed E-state index contributed by atoms with van der Waals surface area (Å²) in [5.41, 5.74) is 9.72. The summed E-state index contributed by atoms with van der Waals surface area (Å²) in [5.74, 6) is 1.70. The van der Waals surface area contributed by atoms with Crippen LogP contribution in [0.5, 0.6) is 11.5 Å². The van der Waals surface area contributed by atoms with E-state index in [0.29, 0.717) is 0 Å². The molecule has 2 aromatic carbocycles. The SMILES string of the molecule is COc1ccc(C2C[C@@H](N)c3cc(C)ccc3O2)cc1Br. The van der Waals surface area contributed by atoms with Crippen LogP contribution >= 0.6 is 15.9 Å². The number of fused-ring (bicyclic) bond motifs is 1. The Balaban J connectivity index is 1.92. The Kier molecular flexibility index (Phi) is 3.91. The highest BCUT2D eigenvalue weighted by molar-refractivity contribution is 9.10. The lowest BCUT2D eigenvalue weighted by Gasteiger charge is -2.31. The second-order valence-corrected chi connectivity index (χ2v) is 6.24. The van der Waals surface area contributed by atoms with E-state index in [1.165, 1.54) is 5.56 Å². The van der Waals surface area contributed by atoms with Crippen molar-refractivity contribution in [1.29, 1.82) is 0 Å². The summed E-state index contributed by atoms with van der Waals surface area (Å²) in [6.45, 7) is 2.07. The maximum atomic E-state index is 6.32. The summed E-state index contributed by atoms with van der Waals surface area (Å²) in [6, 6.07) is 12.2. The zero-order chi connectivity index (χ0) is 15.0. The summed E-state index contributed by atoms with van der Waals surface area (Å²) in [7, 11) is 1.66. The predicted molar refractivity (Wildman–Crippen MR) is 86.8 cm³/mol. The van der Waals surface area contributed by atoms with Crippen LogP contribution in [-0.4, -0.2) is 7.11 Å². The van der Waals surface area contributed by atoms with Gasteiger partial charge in [-0.05, 0) is 46.6 Å². The Bertz CT molecular complexity index is 672. The van der Waals surface area contributed by atoms with E-state index in [1.807, 2.05) is 24.3 Å². The first-order valence-electron chi connectivity index (χ1n) is 6.94. The van der Waals surface area contributed by atoms with Crippen LogP contribution in [0, 0.1) is 6.92 Å². The minimum absolute atomic E-state index is 0.000438. The Hall–Kier alpha value is -1.52. The van der Waals surface area contributed by atoms with Crippen molar-refractivity contribution in [2.75, 3.05) is 7.11 Å². The number of hydrogen-bond donors (Lipinski definition) is 1. The smallest absolute Gasteiger partial charge is 0.133 e. The lowest BCUT2D eigenvalue weighted by Crippen LogP contribution is -2.24. The molecule has 0 aliphatic carbocycles. The van der Waals surface area contributed by atoms with Crippen molar-refractivity contribution in [3.8, 4) is 11.5 Å². The van der Waals surface area contributed by atoms with Gasteiger partial charge in [0.15, 0.2) is 0 Å². The van der Waals surface area contributed by atoms with Gasteiger partial charge in [-0.1, -0.05) is 23.8 Å². The van der Waals surface area contributed by atoms with Gasteiger partial charge in [0.1, 0.15) is 17.6 Å². The van der Waals surface area contributed by atoms with E-state index in [4.69, 9.17) is 15.2 Å². The van der Waals surface area contributed by atoms with Gasteiger partial charge in [-0.3, -0.25) is 0 Å². The number of benzene rings is 2. The number of aryl methyl sites for hydroxylation is 1. The van der Waals surface area contributed by atoms with Crippen LogP contribution in [0.3, 0.4) is 0 Å². The normalized spacial score (nSPS) is 20.6. The van der Waals surface area contributed by atoms with Crippen molar-refractivity contribution >= 4 is 15.9 Å². The van der Waals surface area contributed by atoms with Crippen LogP contribution < -0.4 is 15.2 Å². The molecule has 110 valence electrons. The van der Waals surface area contributed by atoms with Gasteiger partial charge in [0.05, 0.1) is 11.6 Å².